The van der Waals surface area contributed by atoms with E-state index in [-0.39, 0.29) is 23.1 Å². The molecule has 5 nitrogen and oxygen atoms in total. The first kappa shape index (κ1) is 27.9. The lowest BCUT2D eigenvalue weighted by Gasteiger charge is -2.21. The number of hydrogen-bond donors (Lipinski definition) is 1. The number of halogens is 1. The van der Waals surface area contributed by atoms with Crippen LogP contribution in [0.25, 0.3) is 0 Å². The van der Waals surface area contributed by atoms with Crippen LogP contribution in [-0.4, -0.2) is 22.2 Å². The van der Waals surface area contributed by atoms with Gasteiger partial charge in [0.15, 0.2) is 0 Å². The van der Waals surface area contributed by atoms with Gasteiger partial charge in [-0.15, -0.1) is 0 Å². The number of benzene rings is 2. The van der Waals surface area contributed by atoms with Crippen molar-refractivity contribution in [3.8, 4) is 0 Å². The predicted molar refractivity (Wildman–Crippen MR) is 133 cm³/mol. The summed E-state index contributed by atoms with van der Waals surface area (Å²) in [6.45, 7) is 11.3. The first-order valence-corrected chi connectivity index (χ1v) is 13.2. The van der Waals surface area contributed by atoms with Gasteiger partial charge < -0.3 is 21.5 Å². The molecule has 2 aromatic carbocycles. The molecule has 34 heavy (non-hydrogen) atoms. The fourth-order valence-corrected chi connectivity index (χ4v) is 7.47. The van der Waals surface area contributed by atoms with Crippen LogP contribution in [0.3, 0.4) is 0 Å². The van der Waals surface area contributed by atoms with Crippen LogP contribution < -0.4 is 21.5 Å². The molecule has 0 saturated carbocycles. The number of aryl methyl sites for hydroxylation is 8. The first-order valence-electron chi connectivity index (χ1n) is 11.3. The molecule has 0 fully saturated rings. The van der Waals surface area contributed by atoms with Crippen molar-refractivity contribution in [3.63, 3.8) is 0 Å². The minimum atomic E-state index is -3.92. The van der Waals surface area contributed by atoms with E-state index in [1.54, 1.807) is 0 Å². The zero-order valence-electron chi connectivity index (χ0n) is 21.1. The monoisotopic (exact) mass is 544 g/mol. The van der Waals surface area contributed by atoms with Gasteiger partial charge in [0.2, 0.25) is 18.2 Å². The second-order valence-corrected chi connectivity index (χ2v) is 12.0. The van der Waals surface area contributed by atoms with Gasteiger partial charge in [0.25, 0.3) is 5.82 Å². The third-order valence-electron chi connectivity index (χ3n) is 6.30. The van der Waals surface area contributed by atoms with E-state index in [4.69, 9.17) is 0 Å². The van der Waals surface area contributed by atoms with Gasteiger partial charge in [0, 0.05) is 23.7 Å². The minimum absolute atomic E-state index is 0. The number of nitrogens with zero attached hydrogens (tertiary/aromatic N) is 1. The van der Waals surface area contributed by atoms with Crippen LogP contribution in [0.2, 0.25) is 0 Å². The molecule has 0 aliphatic carbocycles. The van der Waals surface area contributed by atoms with Crippen molar-refractivity contribution in [2.45, 2.75) is 54.4 Å². The number of imidazole rings is 1. The maximum absolute atomic E-state index is 14.5. The molecular weight excluding hydrogens is 511 g/mol. The molecule has 0 aliphatic heterocycles. The van der Waals surface area contributed by atoms with Gasteiger partial charge in [-0.25, -0.2) is 9.55 Å². The van der Waals surface area contributed by atoms with Crippen LogP contribution in [0.4, 0.5) is 0 Å². The quantitative estimate of drug-likeness (QED) is 0.350. The summed E-state index contributed by atoms with van der Waals surface area (Å²) in [5.74, 6) is 0.965. The van der Waals surface area contributed by atoms with E-state index in [2.05, 4.69) is 4.98 Å². The molecule has 1 N–H and O–H groups in total. The Morgan fingerprint density at radius 2 is 1.24 bits per heavy atom. The number of carbonyl (C=O) groups excluding carboxylic acids is 2. The number of H-pyrrole nitrogens is 1. The average molecular weight is 545 g/mol. The van der Waals surface area contributed by atoms with Crippen LogP contribution in [0, 0.1) is 41.5 Å². The number of carbonyl (C=O) groups is 2. The molecule has 0 amide bonds. The summed E-state index contributed by atoms with van der Waals surface area (Å²) in [6, 6.07) is 7.65. The summed E-state index contributed by atoms with van der Waals surface area (Å²) in [6.07, 6.45) is 4.86. The summed E-state index contributed by atoms with van der Waals surface area (Å²) in [5.41, 5.74) is 4.93. The third-order valence-corrected chi connectivity index (χ3v) is 9.00. The standard InChI is InChI=1S/C27H33N2O3P.BrH/c1-17-13-19(3)24(20(4)14-17)26(30)33(32,12-8-9-23-28-10-11-29(23)7)27(31)25-21(5)15-18(2)16-22(25)6;/h10-11,13-16H,8-9,12H2,1-7H3;1H. The Kier molecular flexibility index (Phi) is 9.01. The maximum Gasteiger partial charge on any atom is 0.253 e. The first-order chi connectivity index (χ1) is 15.5. The molecule has 0 bridgehead atoms. The van der Waals surface area contributed by atoms with E-state index in [1.807, 2.05) is 89.8 Å². The average Bonchev–Trinajstić information content (AvgIpc) is 3.10. The van der Waals surface area contributed by atoms with Gasteiger partial charge in [-0.3, -0.25) is 9.59 Å². The number of rotatable bonds is 8. The fourth-order valence-electron chi connectivity index (χ4n) is 4.85. The lowest BCUT2D eigenvalue weighted by Crippen LogP contribution is -3.00. The highest BCUT2D eigenvalue weighted by Gasteiger charge is 2.42. The Morgan fingerprint density at radius 3 is 1.59 bits per heavy atom. The molecule has 182 valence electrons. The third kappa shape index (κ3) is 5.50. The molecule has 0 saturated heterocycles. The van der Waals surface area contributed by atoms with Crippen LogP contribution in [0.5, 0.6) is 0 Å². The highest BCUT2D eigenvalue weighted by molar-refractivity contribution is 7.95. The zero-order valence-corrected chi connectivity index (χ0v) is 23.6. The summed E-state index contributed by atoms with van der Waals surface area (Å²) >= 11 is 0. The number of hydrogen-bond acceptors (Lipinski definition) is 3. The van der Waals surface area contributed by atoms with Crippen molar-refractivity contribution < 1.29 is 35.7 Å². The Hall–Kier alpha value is -2.30. The molecule has 7 heteroatoms. The van der Waals surface area contributed by atoms with Crippen LogP contribution in [0.15, 0.2) is 36.7 Å². The second kappa shape index (κ2) is 11.0. The van der Waals surface area contributed by atoms with Crippen molar-refractivity contribution in [2.75, 3.05) is 6.16 Å². The summed E-state index contributed by atoms with van der Waals surface area (Å²) < 4.78 is 16.4. The van der Waals surface area contributed by atoms with Crippen LogP contribution in [-0.2, 0) is 18.0 Å². The minimum Gasteiger partial charge on any atom is -1.00 e. The Balaban J connectivity index is 0.00000408. The van der Waals surface area contributed by atoms with Crippen LogP contribution >= 0.6 is 7.14 Å². The molecule has 0 aliphatic rings. The maximum atomic E-state index is 14.5. The highest BCUT2D eigenvalue weighted by atomic mass is 79.9. The molecule has 0 radical (unpaired) electrons. The lowest BCUT2D eigenvalue weighted by atomic mass is 10.0. The number of nitrogens with one attached hydrogen (secondary N) is 1. The SMILES string of the molecule is Cc1cc(C)c(C(=O)P(=O)(CCCc2[nH]cc[n+]2C)C(=O)c2c(C)cc(C)cc2C)c(C)c1.[Br-]. The molecule has 0 atom stereocenters. The van der Waals surface area contributed by atoms with E-state index in [1.165, 1.54) is 0 Å². The smallest absolute Gasteiger partial charge is 0.253 e. The van der Waals surface area contributed by atoms with Crippen molar-refractivity contribution >= 4 is 18.2 Å². The molecule has 1 heterocycles. The predicted octanol–water partition coefficient (Wildman–Crippen LogP) is 2.67. The molecule has 0 unspecified atom stereocenters. The van der Waals surface area contributed by atoms with E-state index in [9.17, 15) is 14.2 Å². The molecule has 0 spiro atoms. The zero-order chi connectivity index (χ0) is 24.5. The van der Waals surface area contributed by atoms with Crippen molar-refractivity contribution in [2.24, 2.45) is 7.05 Å². The summed E-state index contributed by atoms with van der Waals surface area (Å²) in [4.78, 5) is 30.9. The summed E-state index contributed by atoms with van der Waals surface area (Å²) in [7, 11) is -1.99. The van der Waals surface area contributed by atoms with Crippen molar-refractivity contribution in [1.29, 1.82) is 0 Å². The fraction of sp³-hybridized carbons (Fsp3) is 0.370. The van der Waals surface area contributed by atoms with E-state index >= 15 is 0 Å². The Labute approximate surface area is 213 Å². The Bertz CT molecular complexity index is 1170. The molecular formula is C27H34BrN2O3P. The number of aromatic amines is 1. The largest absolute Gasteiger partial charge is 1.00 e. The van der Waals surface area contributed by atoms with Gasteiger partial charge >= 0.3 is 0 Å². The molecule has 3 aromatic rings. The van der Waals surface area contributed by atoms with E-state index in [0.29, 0.717) is 24.0 Å². The Morgan fingerprint density at radius 1 is 0.824 bits per heavy atom. The molecule has 3 rings (SSSR count). The van der Waals surface area contributed by atoms with Gasteiger partial charge in [-0.05, 0) is 70.2 Å². The van der Waals surface area contributed by atoms with Gasteiger partial charge in [-0.2, -0.15) is 0 Å². The van der Waals surface area contributed by atoms with Crippen molar-refractivity contribution in [3.05, 3.63) is 87.0 Å². The van der Waals surface area contributed by atoms with Crippen molar-refractivity contribution in [1.82, 2.24) is 4.98 Å². The van der Waals surface area contributed by atoms with Crippen LogP contribution in [0.1, 0.15) is 66.3 Å². The van der Waals surface area contributed by atoms with Gasteiger partial charge in [0.1, 0.15) is 12.4 Å². The normalized spacial score (nSPS) is 11.3. The van der Waals surface area contributed by atoms with Gasteiger partial charge in [0.05, 0.1) is 7.05 Å². The number of aromatic nitrogens is 2. The second-order valence-electron chi connectivity index (χ2n) is 9.24. The van der Waals surface area contributed by atoms with Gasteiger partial charge in [-0.1, -0.05) is 35.4 Å². The van der Waals surface area contributed by atoms with E-state index in [0.717, 1.165) is 39.2 Å². The molecule has 1 aromatic heterocycles. The topological polar surface area (TPSA) is 70.9 Å². The summed E-state index contributed by atoms with van der Waals surface area (Å²) in [5, 5.41) is 0. The lowest BCUT2D eigenvalue weighted by molar-refractivity contribution is -0.677. The highest BCUT2D eigenvalue weighted by Crippen LogP contribution is 2.54. The van der Waals surface area contributed by atoms with E-state index < -0.39 is 18.2 Å².